The number of aromatic amines is 1. The number of halogens is 1. The Morgan fingerprint density at radius 1 is 1.00 bits per heavy atom. The summed E-state index contributed by atoms with van der Waals surface area (Å²) in [6, 6.07) is 12.0. The minimum absolute atomic E-state index is 0.158. The first-order chi connectivity index (χ1) is 16.9. The third-order valence-corrected chi connectivity index (χ3v) is 9.05. The molecule has 1 saturated heterocycles. The van der Waals surface area contributed by atoms with E-state index in [2.05, 4.69) is 10.2 Å². The number of hydrogen-bond acceptors (Lipinski definition) is 5. The van der Waals surface area contributed by atoms with Crippen molar-refractivity contribution in [2.45, 2.75) is 43.9 Å². The lowest BCUT2D eigenvalue weighted by atomic mass is 9.89. The fraction of sp³-hybridized carbons (Fsp3) is 0.385. The standard InChI is InChI=1S/C26H29FN4O3S/c1-2-18-11-12-19(25-20-7-3-4-8-21(20)26(32)29-28-25)17-24(18)35(33,34)31-15-13-30(14-16-31)23-10-6-5-9-22(23)27/h5-6,9-12,17H,2-4,7-8,13-16H2,1H3,(H,29,32). The van der Waals surface area contributed by atoms with E-state index >= 15 is 0 Å². The second-order valence-electron chi connectivity index (χ2n) is 9.08. The van der Waals surface area contributed by atoms with Gasteiger partial charge in [-0.05, 0) is 61.4 Å². The Bertz CT molecular complexity index is 1410. The molecule has 1 fully saturated rings. The number of H-pyrrole nitrogens is 1. The van der Waals surface area contributed by atoms with Crippen LogP contribution < -0.4 is 10.5 Å². The fourth-order valence-corrected chi connectivity index (χ4v) is 6.89. The third kappa shape index (κ3) is 4.38. The molecule has 0 spiro atoms. The van der Waals surface area contributed by atoms with Gasteiger partial charge in [-0.3, -0.25) is 4.79 Å². The van der Waals surface area contributed by atoms with Crippen LogP contribution in [0, 0.1) is 5.82 Å². The van der Waals surface area contributed by atoms with Crippen LogP contribution in [-0.2, 0) is 29.3 Å². The van der Waals surface area contributed by atoms with E-state index in [9.17, 15) is 17.6 Å². The van der Waals surface area contributed by atoms with Crippen molar-refractivity contribution in [3.05, 3.63) is 75.3 Å². The molecule has 1 aliphatic heterocycles. The Labute approximate surface area is 204 Å². The Kier molecular flexibility index (Phi) is 6.46. The lowest BCUT2D eigenvalue weighted by molar-refractivity contribution is 0.383. The van der Waals surface area contributed by atoms with Gasteiger partial charge < -0.3 is 4.90 Å². The number of nitrogens with one attached hydrogen (secondary N) is 1. The van der Waals surface area contributed by atoms with Crippen LogP contribution >= 0.6 is 0 Å². The van der Waals surface area contributed by atoms with Gasteiger partial charge >= 0.3 is 0 Å². The van der Waals surface area contributed by atoms with Crippen molar-refractivity contribution in [1.29, 1.82) is 0 Å². The minimum atomic E-state index is -3.77. The predicted octanol–water partition coefficient (Wildman–Crippen LogP) is 3.53. The molecule has 9 heteroatoms. The molecule has 5 rings (SSSR count). The number of anilines is 1. The molecule has 2 aliphatic rings. The fourth-order valence-electron chi connectivity index (χ4n) is 5.15. The Morgan fingerprint density at radius 3 is 2.43 bits per heavy atom. The van der Waals surface area contributed by atoms with E-state index in [1.54, 1.807) is 24.3 Å². The van der Waals surface area contributed by atoms with Crippen LogP contribution in [0.3, 0.4) is 0 Å². The SMILES string of the molecule is CCc1ccc(-c2n[nH]c(=O)c3c2CCCC3)cc1S(=O)(=O)N1CCN(c2ccccc2F)CC1. The summed E-state index contributed by atoms with van der Waals surface area (Å²) in [4.78, 5) is 14.4. The molecular weight excluding hydrogens is 467 g/mol. The molecule has 2 heterocycles. The number of piperazine rings is 1. The Balaban J connectivity index is 1.47. The van der Waals surface area contributed by atoms with Crippen molar-refractivity contribution in [2.75, 3.05) is 31.1 Å². The molecule has 1 aliphatic carbocycles. The maximum Gasteiger partial charge on any atom is 0.267 e. The minimum Gasteiger partial charge on any atom is -0.367 e. The topological polar surface area (TPSA) is 86.4 Å². The first-order valence-electron chi connectivity index (χ1n) is 12.1. The van der Waals surface area contributed by atoms with Gasteiger partial charge in [-0.25, -0.2) is 17.9 Å². The molecule has 35 heavy (non-hydrogen) atoms. The second kappa shape index (κ2) is 9.54. The second-order valence-corrected chi connectivity index (χ2v) is 11.0. The van der Waals surface area contributed by atoms with Crippen molar-refractivity contribution in [2.24, 2.45) is 0 Å². The average Bonchev–Trinajstić information content (AvgIpc) is 2.89. The first-order valence-corrected chi connectivity index (χ1v) is 13.6. The van der Waals surface area contributed by atoms with E-state index in [4.69, 9.17) is 0 Å². The van der Waals surface area contributed by atoms with Crippen molar-refractivity contribution >= 4 is 15.7 Å². The van der Waals surface area contributed by atoms with Crippen LogP contribution in [0.4, 0.5) is 10.1 Å². The highest BCUT2D eigenvalue weighted by Gasteiger charge is 2.31. The average molecular weight is 497 g/mol. The maximum absolute atomic E-state index is 14.2. The smallest absolute Gasteiger partial charge is 0.267 e. The molecule has 184 valence electrons. The Morgan fingerprint density at radius 2 is 1.71 bits per heavy atom. The zero-order chi connectivity index (χ0) is 24.6. The number of nitrogens with zero attached hydrogens (tertiary/aromatic N) is 3. The number of aromatic nitrogens is 2. The van der Waals surface area contributed by atoms with Crippen molar-refractivity contribution < 1.29 is 12.8 Å². The molecule has 0 atom stereocenters. The number of fused-ring (bicyclic) bond motifs is 1. The molecule has 0 unspecified atom stereocenters. The Hall–Kier alpha value is -3.04. The van der Waals surface area contributed by atoms with Gasteiger partial charge in [0, 0.05) is 37.3 Å². The normalized spacial score (nSPS) is 16.8. The number of para-hydroxylation sites is 1. The van der Waals surface area contributed by atoms with Crippen LogP contribution in [0.2, 0.25) is 0 Å². The van der Waals surface area contributed by atoms with E-state index in [0.29, 0.717) is 42.9 Å². The molecule has 0 radical (unpaired) electrons. The number of rotatable bonds is 5. The molecule has 1 aromatic heterocycles. The van der Waals surface area contributed by atoms with Crippen LogP contribution in [0.1, 0.15) is 36.5 Å². The van der Waals surface area contributed by atoms with E-state index in [1.165, 1.54) is 10.4 Å². The molecule has 0 amide bonds. The van der Waals surface area contributed by atoms with E-state index in [1.807, 2.05) is 24.0 Å². The first kappa shape index (κ1) is 23.7. The summed E-state index contributed by atoms with van der Waals surface area (Å²) in [5, 5.41) is 6.92. The van der Waals surface area contributed by atoms with Crippen molar-refractivity contribution in [1.82, 2.24) is 14.5 Å². The summed E-state index contributed by atoms with van der Waals surface area (Å²) >= 11 is 0. The summed E-state index contributed by atoms with van der Waals surface area (Å²) in [5.41, 5.74) is 4.11. The van der Waals surface area contributed by atoms with E-state index in [0.717, 1.165) is 36.0 Å². The van der Waals surface area contributed by atoms with Crippen molar-refractivity contribution in [3.8, 4) is 11.3 Å². The van der Waals surface area contributed by atoms with Gasteiger partial charge in [-0.1, -0.05) is 31.2 Å². The number of hydrogen-bond donors (Lipinski definition) is 1. The van der Waals surface area contributed by atoms with Gasteiger partial charge in [0.15, 0.2) is 0 Å². The van der Waals surface area contributed by atoms with E-state index in [-0.39, 0.29) is 29.4 Å². The zero-order valence-corrected chi connectivity index (χ0v) is 20.6. The third-order valence-electron chi connectivity index (χ3n) is 7.07. The number of aryl methyl sites for hydroxylation is 1. The zero-order valence-electron chi connectivity index (χ0n) is 19.8. The lowest BCUT2D eigenvalue weighted by Crippen LogP contribution is -2.49. The van der Waals surface area contributed by atoms with Crippen LogP contribution in [0.25, 0.3) is 11.3 Å². The molecule has 2 aromatic carbocycles. The summed E-state index contributed by atoms with van der Waals surface area (Å²) < 4.78 is 43.2. The van der Waals surface area contributed by atoms with Crippen LogP contribution in [0.15, 0.2) is 52.2 Å². The molecular formula is C26H29FN4O3S. The van der Waals surface area contributed by atoms with Crippen LogP contribution in [-0.4, -0.2) is 49.1 Å². The summed E-state index contributed by atoms with van der Waals surface area (Å²) in [6.45, 7) is 3.31. The summed E-state index contributed by atoms with van der Waals surface area (Å²) in [5.74, 6) is -0.304. The van der Waals surface area contributed by atoms with Crippen molar-refractivity contribution in [3.63, 3.8) is 0 Å². The highest BCUT2D eigenvalue weighted by molar-refractivity contribution is 7.89. The van der Waals surface area contributed by atoms with Gasteiger partial charge in [-0.2, -0.15) is 9.40 Å². The van der Waals surface area contributed by atoms with Gasteiger partial charge in [0.05, 0.1) is 16.3 Å². The van der Waals surface area contributed by atoms with Gasteiger partial charge in [-0.15, -0.1) is 0 Å². The highest BCUT2D eigenvalue weighted by atomic mass is 32.2. The molecule has 3 aromatic rings. The predicted molar refractivity (Wildman–Crippen MR) is 134 cm³/mol. The van der Waals surface area contributed by atoms with Gasteiger partial charge in [0.2, 0.25) is 10.0 Å². The molecule has 7 nitrogen and oxygen atoms in total. The van der Waals surface area contributed by atoms with Gasteiger partial charge in [0.25, 0.3) is 5.56 Å². The largest absolute Gasteiger partial charge is 0.367 e. The van der Waals surface area contributed by atoms with Gasteiger partial charge in [0.1, 0.15) is 5.82 Å². The molecule has 0 saturated carbocycles. The number of benzene rings is 2. The summed E-state index contributed by atoms with van der Waals surface area (Å²) in [7, 11) is -3.77. The lowest BCUT2D eigenvalue weighted by Gasteiger charge is -2.35. The number of sulfonamides is 1. The van der Waals surface area contributed by atoms with Crippen LogP contribution in [0.5, 0.6) is 0 Å². The monoisotopic (exact) mass is 496 g/mol. The highest BCUT2D eigenvalue weighted by Crippen LogP contribution is 2.32. The quantitative estimate of drug-likeness (QED) is 0.584. The maximum atomic E-state index is 14.2. The molecule has 0 bridgehead atoms. The summed E-state index contributed by atoms with van der Waals surface area (Å²) in [6.07, 6.45) is 3.99. The molecule has 1 N–H and O–H groups in total. The van der Waals surface area contributed by atoms with E-state index < -0.39 is 10.0 Å².